The molecule has 8 heteroatoms. The number of fused-ring (bicyclic) bond motifs is 1. The van der Waals surface area contributed by atoms with Gasteiger partial charge >= 0.3 is 12.2 Å². The van der Waals surface area contributed by atoms with Crippen molar-refractivity contribution >= 4 is 11.7 Å². The summed E-state index contributed by atoms with van der Waals surface area (Å²) in [7, 11) is 0. The molecule has 2 amide bonds. The number of carbonyl (C=O) groups excluding carboxylic acids is 1. The number of nitrogens with one attached hydrogen (secondary N) is 1. The van der Waals surface area contributed by atoms with Gasteiger partial charge in [-0.25, -0.2) is 4.79 Å². The second-order valence-corrected chi connectivity index (χ2v) is 7.23. The molecule has 0 fully saturated rings. The van der Waals surface area contributed by atoms with Crippen molar-refractivity contribution in [2.24, 2.45) is 0 Å². The van der Waals surface area contributed by atoms with Gasteiger partial charge in [0.15, 0.2) is 0 Å². The molecule has 0 radical (unpaired) electrons. The van der Waals surface area contributed by atoms with Gasteiger partial charge in [0.2, 0.25) is 0 Å². The third kappa shape index (κ3) is 4.38. The van der Waals surface area contributed by atoms with E-state index in [0.717, 1.165) is 29.1 Å². The number of amides is 2. The maximum absolute atomic E-state index is 13.1. The molecule has 0 saturated heterocycles. The van der Waals surface area contributed by atoms with Crippen LogP contribution in [-0.2, 0) is 12.7 Å². The van der Waals surface area contributed by atoms with Crippen molar-refractivity contribution in [3.8, 4) is 5.75 Å². The number of aromatic nitrogens is 1. The van der Waals surface area contributed by atoms with Crippen LogP contribution in [0.5, 0.6) is 5.75 Å². The van der Waals surface area contributed by atoms with Crippen LogP contribution in [0.4, 0.5) is 23.7 Å². The van der Waals surface area contributed by atoms with E-state index in [-0.39, 0.29) is 12.1 Å². The van der Waals surface area contributed by atoms with Gasteiger partial charge in [0, 0.05) is 30.7 Å². The Balaban J connectivity index is 1.59. The largest absolute Gasteiger partial charge is 0.494 e. The molecule has 1 aromatic heterocycles. The quantitative estimate of drug-likeness (QED) is 0.592. The summed E-state index contributed by atoms with van der Waals surface area (Å²) in [5.74, 6) is 0.748. The van der Waals surface area contributed by atoms with E-state index >= 15 is 0 Å². The average molecular weight is 429 g/mol. The van der Waals surface area contributed by atoms with Crippen LogP contribution in [-0.4, -0.2) is 28.6 Å². The molecule has 1 aliphatic rings. The number of anilines is 1. The lowest BCUT2D eigenvalue weighted by Gasteiger charge is -2.37. The third-order valence-corrected chi connectivity index (χ3v) is 5.27. The van der Waals surface area contributed by atoms with E-state index in [1.165, 1.54) is 12.1 Å². The number of hydrogen-bond acceptors (Lipinski definition) is 2. The molecule has 1 atom stereocenters. The van der Waals surface area contributed by atoms with E-state index in [2.05, 4.69) is 9.88 Å². The molecule has 0 spiro atoms. The zero-order valence-electron chi connectivity index (χ0n) is 16.9. The van der Waals surface area contributed by atoms with Crippen LogP contribution in [0.15, 0.2) is 66.9 Å². The van der Waals surface area contributed by atoms with E-state index in [1.807, 2.05) is 49.5 Å². The number of nitrogens with zero attached hydrogens (tertiary/aromatic N) is 2. The molecule has 3 aromatic rings. The number of benzene rings is 2. The van der Waals surface area contributed by atoms with Crippen molar-refractivity contribution in [2.75, 3.05) is 18.5 Å². The second-order valence-electron chi connectivity index (χ2n) is 7.23. The molecular weight excluding hydrogens is 407 g/mol. The first-order chi connectivity index (χ1) is 14.9. The van der Waals surface area contributed by atoms with Crippen LogP contribution in [0, 0.1) is 0 Å². The van der Waals surface area contributed by atoms with Crippen LogP contribution in [0.3, 0.4) is 0 Å². The van der Waals surface area contributed by atoms with Crippen molar-refractivity contribution in [3.05, 3.63) is 83.7 Å². The fourth-order valence-electron chi connectivity index (χ4n) is 3.80. The number of carbonyl (C=O) groups is 1. The molecule has 31 heavy (non-hydrogen) atoms. The van der Waals surface area contributed by atoms with E-state index in [1.54, 1.807) is 4.90 Å². The maximum Gasteiger partial charge on any atom is 0.416 e. The lowest BCUT2D eigenvalue weighted by atomic mass is 10.00. The van der Waals surface area contributed by atoms with E-state index < -0.39 is 11.7 Å². The minimum Gasteiger partial charge on any atom is -0.494 e. The zero-order valence-corrected chi connectivity index (χ0v) is 16.9. The fraction of sp³-hybridized carbons (Fsp3) is 0.261. The van der Waals surface area contributed by atoms with Crippen LogP contribution in [0.1, 0.15) is 29.8 Å². The maximum atomic E-state index is 13.1. The Kier molecular flexibility index (Phi) is 5.63. The number of urea groups is 1. The predicted molar refractivity (Wildman–Crippen MR) is 111 cm³/mol. The summed E-state index contributed by atoms with van der Waals surface area (Å²) in [6.45, 7) is 3.57. The van der Waals surface area contributed by atoms with Crippen molar-refractivity contribution in [2.45, 2.75) is 25.7 Å². The Labute approximate surface area is 178 Å². The molecule has 1 N–H and O–H groups in total. The lowest BCUT2D eigenvalue weighted by Crippen LogP contribution is -2.44. The number of hydrogen-bond donors (Lipinski definition) is 1. The number of alkyl halides is 3. The summed E-state index contributed by atoms with van der Waals surface area (Å²) in [6.07, 6.45) is -2.44. The molecule has 0 saturated carbocycles. The molecule has 0 bridgehead atoms. The van der Waals surface area contributed by atoms with Gasteiger partial charge < -0.3 is 19.5 Å². The topological polar surface area (TPSA) is 46.5 Å². The second kappa shape index (κ2) is 8.37. The highest BCUT2D eigenvalue weighted by Crippen LogP contribution is 2.34. The first kappa shape index (κ1) is 20.8. The van der Waals surface area contributed by atoms with Gasteiger partial charge in [-0.15, -0.1) is 0 Å². The monoisotopic (exact) mass is 429 g/mol. The Morgan fingerprint density at radius 1 is 1.06 bits per heavy atom. The van der Waals surface area contributed by atoms with Gasteiger partial charge in [-0.05, 0) is 61.0 Å². The summed E-state index contributed by atoms with van der Waals surface area (Å²) in [4.78, 5) is 14.8. The number of halogens is 3. The Bertz CT molecular complexity index is 1040. The highest BCUT2D eigenvalue weighted by molar-refractivity contribution is 5.90. The Morgan fingerprint density at radius 2 is 1.77 bits per heavy atom. The minimum atomic E-state index is -4.42. The molecule has 5 nitrogen and oxygen atoms in total. The van der Waals surface area contributed by atoms with Gasteiger partial charge in [0.1, 0.15) is 5.75 Å². The van der Waals surface area contributed by atoms with Gasteiger partial charge in [0.25, 0.3) is 0 Å². The fourth-order valence-corrected chi connectivity index (χ4v) is 3.80. The summed E-state index contributed by atoms with van der Waals surface area (Å²) >= 11 is 0. The van der Waals surface area contributed by atoms with Gasteiger partial charge in [-0.2, -0.15) is 13.2 Å². The minimum absolute atomic E-state index is 0.310. The molecule has 1 aliphatic heterocycles. The molecule has 162 valence electrons. The van der Waals surface area contributed by atoms with Crippen molar-refractivity contribution in [1.82, 2.24) is 9.47 Å². The Hall–Kier alpha value is -3.42. The zero-order chi connectivity index (χ0) is 22.0. The number of ether oxygens (including phenoxy) is 1. The highest BCUT2D eigenvalue weighted by atomic mass is 19.4. The number of rotatable bonds is 4. The highest BCUT2D eigenvalue weighted by Gasteiger charge is 2.33. The molecule has 4 rings (SSSR count). The first-order valence-electron chi connectivity index (χ1n) is 9.99. The molecular formula is C23H22F3N3O2. The Morgan fingerprint density at radius 3 is 2.42 bits per heavy atom. The van der Waals surface area contributed by atoms with E-state index in [4.69, 9.17) is 4.74 Å². The SMILES string of the molecule is CCOc1ccc(C2c3cccn3CCN2C(=O)Nc2ccc(C(F)(F)F)cc2)cc1. The third-order valence-electron chi connectivity index (χ3n) is 5.27. The van der Waals surface area contributed by atoms with Gasteiger partial charge in [-0.3, -0.25) is 0 Å². The van der Waals surface area contributed by atoms with Crippen LogP contribution >= 0.6 is 0 Å². The van der Waals surface area contributed by atoms with Crippen LogP contribution in [0.2, 0.25) is 0 Å². The first-order valence-corrected chi connectivity index (χ1v) is 9.99. The molecule has 2 heterocycles. The smallest absolute Gasteiger partial charge is 0.416 e. The summed E-state index contributed by atoms with van der Waals surface area (Å²) in [5.41, 5.74) is 1.45. The van der Waals surface area contributed by atoms with Crippen LogP contribution < -0.4 is 10.1 Å². The molecule has 2 aromatic carbocycles. The van der Waals surface area contributed by atoms with Crippen molar-refractivity contribution < 1.29 is 22.7 Å². The standard InChI is InChI=1S/C23H22F3N3O2/c1-2-31-19-11-5-16(6-12-19)21-20-4-3-13-28(20)14-15-29(21)22(30)27-18-9-7-17(8-10-18)23(24,25)26/h3-13,21H,2,14-15H2,1H3,(H,27,30). The predicted octanol–water partition coefficient (Wildman–Crippen LogP) is 5.54. The molecule has 0 aliphatic carbocycles. The lowest BCUT2D eigenvalue weighted by molar-refractivity contribution is -0.137. The van der Waals surface area contributed by atoms with Crippen LogP contribution in [0.25, 0.3) is 0 Å². The summed E-state index contributed by atoms with van der Waals surface area (Å²) in [5, 5.41) is 2.73. The molecule has 1 unspecified atom stereocenters. The van der Waals surface area contributed by atoms with Crippen molar-refractivity contribution in [3.63, 3.8) is 0 Å². The van der Waals surface area contributed by atoms with Gasteiger partial charge in [-0.1, -0.05) is 12.1 Å². The van der Waals surface area contributed by atoms with Crippen molar-refractivity contribution in [1.29, 1.82) is 0 Å². The van der Waals surface area contributed by atoms with E-state index in [9.17, 15) is 18.0 Å². The summed E-state index contributed by atoms with van der Waals surface area (Å²) < 4.78 is 46.0. The normalized spacial score (nSPS) is 16.0. The summed E-state index contributed by atoms with van der Waals surface area (Å²) in [6, 6.07) is 15.2. The average Bonchev–Trinajstić information content (AvgIpc) is 3.22. The van der Waals surface area contributed by atoms with E-state index in [0.29, 0.717) is 25.4 Å². The van der Waals surface area contributed by atoms with Gasteiger partial charge in [0.05, 0.1) is 18.2 Å².